The lowest BCUT2D eigenvalue weighted by Gasteiger charge is -2.12. The van der Waals surface area contributed by atoms with Gasteiger partial charge in [-0.15, -0.1) is 0 Å². The number of rotatable bonds is 2. The molecule has 0 spiro atoms. The van der Waals surface area contributed by atoms with Gasteiger partial charge in [0.05, 0.1) is 12.7 Å². The van der Waals surface area contributed by atoms with Gasteiger partial charge >= 0.3 is 5.97 Å². The number of methoxy groups -OCH3 is 1. The van der Waals surface area contributed by atoms with Crippen LogP contribution in [0.5, 0.6) is 17.2 Å². The minimum absolute atomic E-state index is 0.214. The second kappa shape index (κ2) is 5.14. The summed E-state index contributed by atoms with van der Waals surface area (Å²) in [5, 5.41) is 1.93. The number of ether oxygens (including phenoxy) is 4. The van der Waals surface area contributed by atoms with Crippen molar-refractivity contribution >= 4 is 16.7 Å². The largest absolute Gasteiger partial charge is 0.497 e. The van der Waals surface area contributed by atoms with Gasteiger partial charge in [0.2, 0.25) is 6.79 Å². The SMILES string of the molecule is COc1ccc(-c2c3c(cc4cc5c(cc24)OCO5)COC3=O)cc1. The maximum atomic E-state index is 12.4. The molecule has 5 heteroatoms. The number of hydrogen-bond acceptors (Lipinski definition) is 5. The van der Waals surface area contributed by atoms with Crippen molar-refractivity contribution < 1.29 is 23.7 Å². The van der Waals surface area contributed by atoms with Crippen LogP contribution in [0, 0.1) is 0 Å². The van der Waals surface area contributed by atoms with Crippen LogP contribution in [0.2, 0.25) is 0 Å². The Morgan fingerprint density at radius 2 is 1.68 bits per heavy atom. The molecule has 0 aromatic heterocycles. The smallest absolute Gasteiger partial charge is 0.339 e. The molecule has 0 saturated carbocycles. The number of cyclic esters (lactones) is 1. The summed E-state index contributed by atoms with van der Waals surface area (Å²) in [5.74, 6) is 1.88. The maximum Gasteiger partial charge on any atom is 0.339 e. The minimum Gasteiger partial charge on any atom is -0.497 e. The van der Waals surface area contributed by atoms with Gasteiger partial charge in [-0.3, -0.25) is 0 Å². The Balaban J connectivity index is 1.85. The van der Waals surface area contributed by atoms with Crippen LogP contribution in [0.1, 0.15) is 15.9 Å². The van der Waals surface area contributed by atoms with Crippen LogP contribution >= 0.6 is 0 Å². The molecule has 0 saturated heterocycles. The molecule has 5 nitrogen and oxygen atoms in total. The second-order valence-electron chi connectivity index (χ2n) is 6.02. The Hall–Kier alpha value is -3.21. The Kier molecular flexibility index (Phi) is 2.91. The molecule has 3 aromatic carbocycles. The monoisotopic (exact) mass is 334 g/mol. The number of hydrogen-bond donors (Lipinski definition) is 0. The fraction of sp³-hybridized carbons (Fsp3) is 0.150. The van der Waals surface area contributed by atoms with Crippen molar-refractivity contribution in [3.05, 3.63) is 53.6 Å². The fourth-order valence-corrected chi connectivity index (χ4v) is 3.47. The average molecular weight is 334 g/mol. The fourth-order valence-electron chi connectivity index (χ4n) is 3.47. The lowest BCUT2D eigenvalue weighted by Crippen LogP contribution is -1.99. The van der Waals surface area contributed by atoms with E-state index >= 15 is 0 Å². The summed E-state index contributed by atoms with van der Waals surface area (Å²) in [6.07, 6.45) is 0. The number of fused-ring (bicyclic) bond motifs is 3. The van der Waals surface area contributed by atoms with Crippen LogP contribution in [0.3, 0.4) is 0 Å². The van der Waals surface area contributed by atoms with Gasteiger partial charge in [0, 0.05) is 11.1 Å². The standard InChI is InChI=1S/C20H14O5/c1-22-14-4-2-11(3-5-14)18-15-8-17-16(24-10-25-17)7-12(15)6-13-9-23-20(21)19(13)18/h2-8H,9-10H2,1H3. The van der Waals surface area contributed by atoms with Gasteiger partial charge in [0.15, 0.2) is 11.5 Å². The van der Waals surface area contributed by atoms with Gasteiger partial charge in [-0.05, 0) is 46.7 Å². The summed E-state index contributed by atoms with van der Waals surface area (Å²) in [6, 6.07) is 13.5. The number of benzene rings is 3. The number of esters is 1. The van der Waals surface area contributed by atoms with Crippen molar-refractivity contribution in [3.63, 3.8) is 0 Å². The summed E-state index contributed by atoms with van der Waals surface area (Å²) in [7, 11) is 1.63. The van der Waals surface area contributed by atoms with E-state index in [1.807, 2.05) is 42.5 Å². The predicted octanol–water partition coefficient (Wildman–Crippen LogP) is 3.91. The Bertz CT molecular complexity index is 1020. The zero-order valence-electron chi connectivity index (χ0n) is 13.5. The van der Waals surface area contributed by atoms with Crippen LogP contribution in [-0.4, -0.2) is 19.9 Å². The highest BCUT2D eigenvalue weighted by Crippen LogP contribution is 2.43. The number of carbonyl (C=O) groups is 1. The summed E-state index contributed by atoms with van der Waals surface area (Å²) >= 11 is 0. The molecule has 0 radical (unpaired) electrons. The third kappa shape index (κ3) is 2.05. The first-order valence-electron chi connectivity index (χ1n) is 7.95. The van der Waals surface area contributed by atoms with E-state index in [1.54, 1.807) is 7.11 Å². The normalized spacial score (nSPS) is 14.5. The highest BCUT2D eigenvalue weighted by atomic mass is 16.7. The Morgan fingerprint density at radius 1 is 0.920 bits per heavy atom. The van der Waals surface area contributed by atoms with E-state index in [9.17, 15) is 4.79 Å². The quantitative estimate of drug-likeness (QED) is 0.665. The molecule has 0 N–H and O–H groups in total. The molecule has 0 atom stereocenters. The lowest BCUT2D eigenvalue weighted by molar-refractivity contribution is 0.0535. The van der Waals surface area contributed by atoms with Crippen LogP contribution in [0.4, 0.5) is 0 Å². The second-order valence-corrected chi connectivity index (χ2v) is 6.02. The lowest BCUT2D eigenvalue weighted by atomic mass is 9.90. The van der Waals surface area contributed by atoms with E-state index in [-0.39, 0.29) is 12.8 Å². The highest BCUT2D eigenvalue weighted by Gasteiger charge is 2.28. The Labute approximate surface area is 143 Å². The van der Waals surface area contributed by atoms with Gasteiger partial charge < -0.3 is 18.9 Å². The first-order valence-corrected chi connectivity index (χ1v) is 7.95. The van der Waals surface area contributed by atoms with E-state index in [1.165, 1.54) is 0 Å². The van der Waals surface area contributed by atoms with Gasteiger partial charge in [-0.1, -0.05) is 12.1 Å². The summed E-state index contributed by atoms with van der Waals surface area (Å²) < 4.78 is 21.5. The molecule has 0 unspecified atom stereocenters. The Morgan fingerprint density at radius 3 is 2.44 bits per heavy atom. The van der Waals surface area contributed by atoms with Crippen LogP contribution in [-0.2, 0) is 11.3 Å². The summed E-state index contributed by atoms with van der Waals surface area (Å²) in [5.41, 5.74) is 3.30. The first-order chi connectivity index (χ1) is 12.2. The molecule has 2 heterocycles. The van der Waals surface area contributed by atoms with Crippen LogP contribution in [0.15, 0.2) is 42.5 Å². The molecule has 0 bridgehead atoms. The van der Waals surface area contributed by atoms with Gasteiger partial charge in [-0.25, -0.2) is 4.79 Å². The van der Waals surface area contributed by atoms with Crippen molar-refractivity contribution in [1.82, 2.24) is 0 Å². The van der Waals surface area contributed by atoms with E-state index in [2.05, 4.69) is 0 Å². The van der Waals surface area contributed by atoms with Gasteiger partial charge in [0.1, 0.15) is 12.4 Å². The van der Waals surface area contributed by atoms with E-state index in [0.717, 1.165) is 39.0 Å². The molecular weight excluding hydrogens is 320 g/mol. The van der Waals surface area contributed by atoms with Crippen molar-refractivity contribution in [2.45, 2.75) is 6.61 Å². The molecule has 25 heavy (non-hydrogen) atoms. The molecule has 2 aliphatic heterocycles. The third-order valence-electron chi connectivity index (χ3n) is 4.66. The van der Waals surface area contributed by atoms with Crippen LogP contribution < -0.4 is 14.2 Å². The van der Waals surface area contributed by atoms with E-state index in [4.69, 9.17) is 18.9 Å². The molecule has 124 valence electrons. The van der Waals surface area contributed by atoms with Crippen molar-refractivity contribution in [2.75, 3.05) is 13.9 Å². The van der Waals surface area contributed by atoms with Gasteiger partial charge in [0.25, 0.3) is 0 Å². The molecular formula is C20H14O5. The van der Waals surface area contributed by atoms with E-state index < -0.39 is 0 Å². The number of carbonyl (C=O) groups excluding carboxylic acids is 1. The van der Waals surface area contributed by atoms with Gasteiger partial charge in [-0.2, -0.15) is 0 Å². The third-order valence-corrected chi connectivity index (χ3v) is 4.66. The molecule has 3 aromatic rings. The average Bonchev–Trinajstić information content (AvgIpc) is 3.24. The first kappa shape index (κ1) is 14.2. The topological polar surface area (TPSA) is 54.0 Å². The van der Waals surface area contributed by atoms with E-state index in [0.29, 0.717) is 17.9 Å². The highest BCUT2D eigenvalue weighted by molar-refractivity contribution is 6.11. The van der Waals surface area contributed by atoms with Crippen molar-refractivity contribution in [3.8, 4) is 28.4 Å². The molecule has 0 aliphatic carbocycles. The summed E-state index contributed by atoms with van der Waals surface area (Å²) in [4.78, 5) is 12.4. The van der Waals surface area contributed by atoms with Crippen LogP contribution in [0.25, 0.3) is 21.9 Å². The molecule has 5 rings (SSSR count). The van der Waals surface area contributed by atoms with Crippen molar-refractivity contribution in [1.29, 1.82) is 0 Å². The zero-order valence-corrected chi connectivity index (χ0v) is 13.5. The predicted molar refractivity (Wildman–Crippen MR) is 91.2 cm³/mol. The zero-order chi connectivity index (χ0) is 17.0. The summed E-state index contributed by atoms with van der Waals surface area (Å²) in [6.45, 7) is 0.507. The molecule has 2 aliphatic rings. The molecule has 0 amide bonds. The molecule has 0 fully saturated rings. The minimum atomic E-state index is -0.291. The maximum absolute atomic E-state index is 12.4. The van der Waals surface area contributed by atoms with Crippen molar-refractivity contribution in [2.24, 2.45) is 0 Å².